The Morgan fingerprint density at radius 2 is 2.53 bits per heavy atom. The zero-order valence-corrected chi connectivity index (χ0v) is 9.43. The maximum Gasteiger partial charge on any atom is 0.347 e. The summed E-state index contributed by atoms with van der Waals surface area (Å²) in [5.41, 5.74) is 0.786. The fourth-order valence-electron chi connectivity index (χ4n) is 1.85. The highest BCUT2D eigenvalue weighted by atomic mass is 32.1. The van der Waals surface area contributed by atoms with Crippen LogP contribution in [-0.4, -0.2) is 29.1 Å². The molecule has 1 aliphatic rings. The molecule has 82 valence electrons. The molecule has 0 bridgehead atoms. The van der Waals surface area contributed by atoms with E-state index in [1.165, 1.54) is 11.3 Å². The molecule has 15 heavy (non-hydrogen) atoms. The van der Waals surface area contributed by atoms with Crippen molar-refractivity contribution < 1.29 is 9.90 Å². The average molecular weight is 226 g/mol. The highest BCUT2D eigenvalue weighted by Crippen LogP contribution is 2.29. The van der Waals surface area contributed by atoms with Crippen molar-refractivity contribution in [1.82, 2.24) is 10.3 Å². The van der Waals surface area contributed by atoms with Gasteiger partial charge in [-0.15, -0.1) is 11.3 Å². The van der Waals surface area contributed by atoms with Gasteiger partial charge in [0.05, 0.1) is 10.7 Å². The second-order valence-corrected chi connectivity index (χ2v) is 4.75. The first kappa shape index (κ1) is 10.6. The molecular weight excluding hydrogens is 212 g/mol. The zero-order valence-electron chi connectivity index (χ0n) is 8.62. The van der Waals surface area contributed by atoms with Crippen LogP contribution in [0.3, 0.4) is 0 Å². The Morgan fingerprint density at radius 1 is 1.73 bits per heavy atom. The molecule has 0 saturated carbocycles. The van der Waals surface area contributed by atoms with Crippen LogP contribution in [0.15, 0.2) is 0 Å². The number of aryl methyl sites for hydroxylation is 1. The van der Waals surface area contributed by atoms with E-state index in [-0.39, 0.29) is 5.92 Å². The van der Waals surface area contributed by atoms with Crippen molar-refractivity contribution >= 4 is 17.3 Å². The minimum atomic E-state index is -0.839. The third-order valence-corrected chi connectivity index (χ3v) is 3.84. The van der Waals surface area contributed by atoms with Gasteiger partial charge in [0, 0.05) is 12.5 Å². The number of rotatable bonds is 3. The lowest BCUT2D eigenvalue weighted by Crippen LogP contribution is -2.10. The Morgan fingerprint density at radius 3 is 3.07 bits per heavy atom. The van der Waals surface area contributed by atoms with E-state index >= 15 is 0 Å². The van der Waals surface area contributed by atoms with E-state index in [0.29, 0.717) is 4.88 Å². The molecule has 1 atom stereocenters. The first-order valence-corrected chi connectivity index (χ1v) is 5.97. The smallest absolute Gasteiger partial charge is 0.347 e. The number of aromatic carboxylic acids is 1. The molecule has 2 heterocycles. The number of hydrogen-bond donors (Lipinski definition) is 2. The lowest BCUT2D eigenvalue weighted by atomic mass is 10.0. The van der Waals surface area contributed by atoms with E-state index in [0.717, 1.165) is 36.6 Å². The summed E-state index contributed by atoms with van der Waals surface area (Å²) in [7, 11) is 0. The van der Waals surface area contributed by atoms with Gasteiger partial charge in [0.15, 0.2) is 0 Å². The van der Waals surface area contributed by atoms with Crippen LogP contribution in [-0.2, 0) is 6.42 Å². The van der Waals surface area contributed by atoms with Crippen LogP contribution in [0, 0.1) is 0 Å². The predicted octanol–water partition coefficient (Wildman–Crippen LogP) is 1.48. The topological polar surface area (TPSA) is 62.2 Å². The van der Waals surface area contributed by atoms with Crippen LogP contribution >= 0.6 is 11.3 Å². The number of aromatic nitrogens is 1. The first-order chi connectivity index (χ1) is 7.22. The third-order valence-electron chi connectivity index (χ3n) is 2.64. The number of carboxylic acids is 1. The van der Waals surface area contributed by atoms with Crippen molar-refractivity contribution in [2.75, 3.05) is 13.1 Å². The molecule has 0 spiro atoms. The standard InChI is InChI=1S/C10H14N2O2S/c1-2-7-12-8(6-3-4-11-5-6)9(15-7)10(13)14/h6,11H,2-5H2,1H3,(H,13,14). The van der Waals surface area contributed by atoms with Gasteiger partial charge in [-0.3, -0.25) is 0 Å². The van der Waals surface area contributed by atoms with Gasteiger partial charge in [0.1, 0.15) is 4.88 Å². The SMILES string of the molecule is CCc1nc(C2CCNC2)c(C(=O)O)s1. The Hall–Kier alpha value is -0.940. The van der Waals surface area contributed by atoms with Gasteiger partial charge in [0.25, 0.3) is 0 Å². The van der Waals surface area contributed by atoms with Crippen LogP contribution in [0.5, 0.6) is 0 Å². The van der Waals surface area contributed by atoms with Crippen molar-refractivity contribution in [2.24, 2.45) is 0 Å². The molecule has 1 aliphatic heterocycles. The minimum absolute atomic E-state index is 0.285. The summed E-state index contributed by atoms with van der Waals surface area (Å²) < 4.78 is 0. The Kier molecular flexibility index (Phi) is 3.02. The van der Waals surface area contributed by atoms with Gasteiger partial charge in [-0.2, -0.15) is 0 Å². The van der Waals surface area contributed by atoms with Crippen LogP contribution in [0.1, 0.15) is 39.6 Å². The van der Waals surface area contributed by atoms with E-state index in [2.05, 4.69) is 10.3 Å². The number of thiazole rings is 1. The fourth-order valence-corrected chi connectivity index (χ4v) is 2.78. The Bertz CT molecular complexity index is 369. The predicted molar refractivity (Wildman–Crippen MR) is 58.7 cm³/mol. The van der Waals surface area contributed by atoms with Crippen LogP contribution < -0.4 is 5.32 Å². The average Bonchev–Trinajstić information content (AvgIpc) is 2.86. The van der Waals surface area contributed by atoms with Crippen molar-refractivity contribution in [3.05, 3.63) is 15.6 Å². The lowest BCUT2D eigenvalue weighted by molar-refractivity contribution is 0.0700. The zero-order chi connectivity index (χ0) is 10.8. The third kappa shape index (κ3) is 2.03. The molecule has 0 aliphatic carbocycles. The highest BCUT2D eigenvalue weighted by Gasteiger charge is 2.26. The largest absolute Gasteiger partial charge is 0.477 e. The molecule has 0 aromatic carbocycles. The van der Waals surface area contributed by atoms with E-state index in [1.54, 1.807) is 0 Å². The number of nitrogens with zero attached hydrogens (tertiary/aromatic N) is 1. The van der Waals surface area contributed by atoms with Crippen molar-refractivity contribution in [3.8, 4) is 0 Å². The molecule has 2 rings (SSSR count). The molecular formula is C10H14N2O2S. The number of hydrogen-bond acceptors (Lipinski definition) is 4. The summed E-state index contributed by atoms with van der Waals surface area (Å²) in [6.07, 6.45) is 1.80. The van der Waals surface area contributed by atoms with Gasteiger partial charge in [-0.25, -0.2) is 9.78 Å². The van der Waals surface area contributed by atoms with Gasteiger partial charge < -0.3 is 10.4 Å². The monoisotopic (exact) mass is 226 g/mol. The van der Waals surface area contributed by atoms with Gasteiger partial charge in [0.2, 0.25) is 0 Å². The number of nitrogens with one attached hydrogen (secondary N) is 1. The minimum Gasteiger partial charge on any atom is -0.477 e. The fraction of sp³-hybridized carbons (Fsp3) is 0.600. The summed E-state index contributed by atoms with van der Waals surface area (Å²) in [4.78, 5) is 15.9. The lowest BCUT2D eigenvalue weighted by Gasteiger charge is -2.04. The molecule has 1 aromatic heterocycles. The molecule has 1 fully saturated rings. The molecule has 1 unspecified atom stereocenters. The first-order valence-electron chi connectivity index (χ1n) is 5.16. The van der Waals surface area contributed by atoms with E-state index in [4.69, 9.17) is 5.11 Å². The van der Waals surface area contributed by atoms with Crippen LogP contribution in [0.2, 0.25) is 0 Å². The molecule has 2 N–H and O–H groups in total. The summed E-state index contributed by atoms with van der Waals surface area (Å²) in [6, 6.07) is 0. The Labute approximate surface area is 92.3 Å². The molecule has 1 aromatic rings. The van der Waals surface area contributed by atoms with E-state index in [1.807, 2.05) is 6.92 Å². The summed E-state index contributed by atoms with van der Waals surface area (Å²) >= 11 is 1.32. The van der Waals surface area contributed by atoms with Crippen molar-refractivity contribution in [1.29, 1.82) is 0 Å². The molecule has 0 amide bonds. The van der Waals surface area contributed by atoms with Crippen LogP contribution in [0.25, 0.3) is 0 Å². The normalized spacial score (nSPS) is 20.7. The molecule has 1 saturated heterocycles. The van der Waals surface area contributed by atoms with Crippen LogP contribution in [0.4, 0.5) is 0 Å². The summed E-state index contributed by atoms with van der Waals surface area (Å²) in [5.74, 6) is -0.554. The van der Waals surface area contributed by atoms with Gasteiger partial charge >= 0.3 is 5.97 Å². The van der Waals surface area contributed by atoms with E-state index in [9.17, 15) is 4.79 Å². The van der Waals surface area contributed by atoms with Crippen molar-refractivity contribution in [3.63, 3.8) is 0 Å². The maximum absolute atomic E-state index is 11.1. The highest BCUT2D eigenvalue weighted by molar-refractivity contribution is 7.13. The van der Waals surface area contributed by atoms with E-state index < -0.39 is 5.97 Å². The summed E-state index contributed by atoms with van der Waals surface area (Å²) in [5, 5.41) is 13.2. The summed E-state index contributed by atoms with van der Waals surface area (Å²) in [6.45, 7) is 3.82. The van der Waals surface area contributed by atoms with Gasteiger partial charge in [-0.1, -0.05) is 6.92 Å². The quantitative estimate of drug-likeness (QED) is 0.819. The maximum atomic E-state index is 11.1. The Balaban J connectivity index is 2.34. The molecule has 4 nitrogen and oxygen atoms in total. The number of carboxylic acid groups (broad SMARTS) is 1. The van der Waals surface area contributed by atoms with Gasteiger partial charge in [-0.05, 0) is 19.4 Å². The molecule has 5 heteroatoms. The second-order valence-electron chi connectivity index (χ2n) is 3.67. The van der Waals surface area contributed by atoms with Crippen molar-refractivity contribution in [2.45, 2.75) is 25.7 Å². The molecule has 0 radical (unpaired) electrons. The second kappa shape index (κ2) is 4.28. The number of carbonyl (C=O) groups is 1.